The van der Waals surface area contributed by atoms with Crippen LogP contribution in [0.3, 0.4) is 0 Å². The van der Waals surface area contributed by atoms with Gasteiger partial charge in [0, 0.05) is 19.4 Å². The van der Waals surface area contributed by atoms with Gasteiger partial charge < -0.3 is 15.2 Å². The van der Waals surface area contributed by atoms with E-state index in [1.54, 1.807) is 0 Å². The van der Waals surface area contributed by atoms with Crippen LogP contribution in [0, 0.1) is 0 Å². The molecular weight excluding hydrogens is 226 g/mol. The molecule has 94 valence electrons. The van der Waals surface area contributed by atoms with E-state index in [2.05, 4.69) is 10.4 Å². The number of hydrogen-bond acceptors (Lipinski definition) is 4. The van der Waals surface area contributed by atoms with Crippen LogP contribution in [0.5, 0.6) is 0 Å². The predicted octanol–water partition coefficient (Wildman–Crippen LogP) is 0.331. The number of carbonyl (C=O) groups is 2. The topological polar surface area (TPSA) is 93.5 Å². The van der Waals surface area contributed by atoms with Gasteiger partial charge in [-0.1, -0.05) is 6.92 Å². The maximum absolute atomic E-state index is 11.6. The monoisotopic (exact) mass is 241 g/mol. The lowest BCUT2D eigenvalue weighted by Gasteiger charge is -2.11. The number of aromatic nitrogens is 2. The van der Waals surface area contributed by atoms with Gasteiger partial charge >= 0.3 is 5.97 Å². The van der Waals surface area contributed by atoms with Crippen LogP contribution in [-0.4, -0.2) is 40.0 Å². The molecule has 7 nitrogen and oxygen atoms in total. The molecular formula is C10H15N3O4. The van der Waals surface area contributed by atoms with Crippen LogP contribution in [0.25, 0.3) is 0 Å². The van der Waals surface area contributed by atoms with Gasteiger partial charge in [0.15, 0.2) is 5.82 Å². The number of nitrogens with one attached hydrogen (secondary N) is 1. The molecule has 1 rings (SSSR count). The molecule has 0 aliphatic rings. The summed E-state index contributed by atoms with van der Waals surface area (Å²) >= 11 is 0. The number of amides is 1. The van der Waals surface area contributed by atoms with Gasteiger partial charge in [-0.25, -0.2) is 0 Å². The van der Waals surface area contributed by atoms with E-state index in [0.717, 1.165) is 0 Å². The molecule has 0 fully saturated rings. The summed E-state index contributed by atoms with van der Waals surface area (Å²) in [7, 11) is 1.46. The average molecular weight is 241 g/mol. The Kier molecular flexibility index (Phi) is 4.65. The van der Waals surface area contributed by atoms with Crippen molar-refractivity contribution in [1.29, 1.82) is 0 Å². The number of hydrogen-bond donors (Lipinski definition) is 2. The molecule has 1 aromatic heterocycles. The molecule has 1 heterocycles. The summed E-state index contributed by atoms with van der Waals surface area (Å²) < 4.78 is 6.19. The molecule has 2 N–H and O–H groups in total. The molecule has 1 atom stereocenters. The highest BCUT2D eigenvalue weighted by Crippen LogP contribution is 2.05. The number of aliphatic carboxylic acids is 1. The molecule has 0 aliphatic heterocycles. The molecule has 0 aromatic carbocycles. The van der Waals surface area contributed by atoms with Crippen LogP contribution in [-0.2, 0) is 20.9 Å². The third-order valence-corrected chi connectivity index (χ3v) is 2.14. The first-order valence-electron chi connectivity index (χ1n) is 5.15. The van der Waals surface area contributed by atoms with Gasteiger partial charge in [-0.3, -0.25) is 14.3 Å². The molecule has 1 unspecified atom stereocenters. The van der Waals surface area contributed by atoms with E-state index in [1.807, 2.05) is 6.92 Å². The third-order valence-electron chi connectivity index (χ3n) is 2.14. The zero-order valence-corrected chi connectivity index (χ0v) is 9.71. The minimum atomic E-state index is -0.991. The largest absolute Gasteiger partial charge is 0.480 e. The summed E-state index contributed by atoms with van der Waals surface area (Å²) in [5.41, 5.74) is 0. The number of carbonyl (C=O) groups excluding carboxylic acids is 1. The fraction of sp³-hybridized carbons (Fsp3) is 0.500. The van der Waals surface area contributed by atoms with E-state index in [1.165, 1.54) is 24.1 Å². The molecule has 0 radical (unpaired) electrons. The minimum absolute atomic E-state index is 0.239. The number of rotatable bonds is 6. The van der Waals surface area contributed by atoms with E-state index in [-0.39, 0.29) is 12.5 Å². The second-order valence-electron chi connectivity index (χ2n) is 3.41. The second-order valence-corrected chi connectivity index (χ2v) is 3.41. The summed E-state index contributed by atoms with van der Waals surface area (Å²) in [6, 6.07) is 1.53. The Morgan fingerprint density at radius 3 is 2.88 bits per heavy atom. The Morgan fingerprint density at radius 2 is 2.35 bits per heavy atom. The lowest BCUT2D eigenvalue weighted by molar-refractivity contribution is -0.137. The number of anilines is 1. The summed E-state index contributed by atoms with van der Waals surface area (Å²) in [6.45, 7) is 1.59. The van der Waals surface area contributed by atoms with Crippen LogP contribution in [0.4, 0.5) is 5.82 Å². The van der Waals surface area contributed by atoms with E-state index in [9.17, 15) is 9.59 Å². The number of carboxylic acids is 1. The number of methoxy groups -OCH3 is 1. The summed E-state index contributed by atoms with van der Waals surface area (Å²) in [4.78, 5) is 22.0. The van der Waals surface area contributed by atoms with Crippen molar-refractivity contribution in [1.82, 2.24) is 9.78 Å². The van der Waals surface area contributed by atoms with Crippen molar-refractivity contribution < 1.29 is 19.4 Å². The van der Waals surface area contributed by atoms with E-state index < -0.39 is 12.1 Å². The van der Waals surface area contributed by atoms with Crippen molar-refractivity contribution in [2.45, 2.75) is 26.0 Å². The quantitative estimate of drug-likeness (QED) is 0.748. The Balaban J connectivity index is 2.59. The van der Waals surface area contributed by atoms with Crippen molar-refractivity contribution in [3.05, 3.63) is 12.3 Å². The van der Waals surface area contributed by atoms with Crippen molar-refractivity contribution in [3.63, 3.8) is 0 Å². The van der Waals surface area contributed by atoms with Gasteiger partial charge in [-0.05, 0) is 6.42 Å². The zero-order chi connectivity index (χ0) is 12.8. The number of carboxylic acid groups (broad SMARTS) is 1. The highest BCUT2D eigenvalue weighted by molar-refractivity contribution is 5.93. The van der Waals surface area contributed by atoms with Crippen molar-refractivity contribution in [2.24, 2.45) is 0 Å². The first-order valence-corrected chi connectivity index (χ1v) is 5.15. The molecule has 0 saturated carbocycles. The van der Waals surface area contributed by atoms with Gasteiger partial charge in [0.2, 0.25) is 0 Å². The number of ether oxygens (including phenoxy) is 1. The summed E-state index contributed by atoms with van der Waals surface area (Å²) in [5.74, 6) is -0.975. The lowest BCUT2D eigenvalue weighted by Crippen LogP contribution is -2.29. The second kappa shape index (κ2) is 6.00. The van der Waals surface area contributed by atoms with Gasteiger partial charge in [0.05, 0.1) is 0 Å². The van der Waals surface area contributed by atoms with Crippen molar-refractivity contribution >= 4 is 17.7 Å². The van der Waals surface area contributed by atoms with Gasteiger partial charge in [-0.15, -0.1) is 0 Å². The van der Waals surface area contributed by atoms with Crippen LogP contribution in [0.1, 0.15) is 13.3 Å². The third kappa shape index (κ3) is 3.87. The predicted molar refractivity (Wildman–Crippen MR) is 59.6 cm³/mol. The van der Waals surface area contributed by atoms with Crippen LogP contribution in [0.2, 0.25) is 0 Å². The van der Waals surface area contributed by atoms with Gasteiger partial charge in [0.1, 0.15) is 12.6 Å². The molecule has 1 aromatic rings. The van der Waals surface area contributed by atoms with Crippen LogP contribution in [0.15, 0.2) is 12.3 Å². The standard InChI is InChI=1S/C10H15N3O4/c1-3-7(17-2)10(16)11-8-4-5-13(12-8)6-9(14)15/h4-5,7H,3,6H2,1-2H3,(H,14,15)(H,11,12,16). The Hall–Kier alpha value is -1.89. The molecule has 17 heavy (non-hydrogen) atoms. The van der Waals surface area contributed by atoms with Crippen LogP contribution < -0.4 is 5.32 Å². The first kappa shape index (κ1) is 13.2. The van der Waals surface area contributed by atoms with Crippen molar-refractivity contribution in [2.75, 3.05) is 12.4 Å². The molecule has 0 bridgehead atoms. The Bertz CT molecular complexity index is 398. The van der Waals surface area contributed by atoms with Gasteiger partial charge in [-0.2, -0.15) is 5.10 Å². The average Bonchev–Trinajstić information content (AvgIpc) is 2.66. The molecule has 0 saturated heterocycles. The van der Waals surface area contributed by atoms with Crippen molar-refractivity contribution in [3.8, 4) is 0 Å². The summed E-state index contributed by atoms with van der Waals surface area (Å²) in [6.07, 6.45) is 1.51. The zero-order valence-electron chi connectivity index (χ0n) is 9.71. The summed E-state index contributed by atoms with van der Waals surface area (Å²) in [5, 5.41) is 15.0. The Morgan fingerprint density at radius 1 is 1.65 bits per heavy atom. The fourth-order valence-electron chi connectivity index (χ4n) is 1.32. The number of nitrogens with zero attached hydrogens (tertiary/aromatic N) is 2. The fourth-order valence-corrected chi connectivity index (χ4v) is 1.32. The Labute approximate surface area is 98.4 Å². The molecule has 7 heteroatoms. The van der Waals surface area contributed by atoms with Crippen LogP contribution >= 0.6 is 0 Å². The normalized spacial score (nSPS) is 12.1. The first-order chi connectivity index (χ1) is 8.06. The van der Waals surface area contributed by atoms with E-state index in [4.69, 9.17) is 9.84 Å². The molecule has 0 aliphatic carbocycles. The highest BCUT2D eigenvalue weighted by Gasteiger charge is 2.16. The minimum Gasteiger partial charge on any atom is -0.480 e. The van der Waals surface area contributed by atoms with E-state index >= 15 is 0 Å². The molecule has 1 amide bonds. The maximum atomic E-state index is 11.6. The van der Waals surface area contributed by atoms with Gasteiger partial charge in [0.25, 0.3) is 5.91 Å². The highest BCUT2D eigenvalue weighted by atomic mass is 16.5. The lowest BCUT2D eigenvalue weighted by atomic mass is 10.2. The van der Waals surface area contributed by atoms with E-state index in [0.29, 0.717) is 12.2 Å². The maximum Gasteiger partial charge on any atom is 0.325 e. The molecule has 0 spiro atoms. The smallest absolute Gasteiger partial charge is 0.325 e. The SMILES string of the molecule is CCC(OC)C(=O)Nc1ccn(CC(=O)O)n1.